The molecule has 0 unspecified atom stereocenters. The van der Waals surface area contributed by atoms with Crippen molar-refractivity contribution in [3.8, 4) is 0 Å². The van der Waals surface area contributed by atoms with E-state index in [0.717, 1.165) is 17.7 Å². The molecule has 0 aromatic heterocycles. The molecule has 0 bridgehead atoms. The summed E-state index contributed by atoms with van der Waals surface area (Å²) in [5, 5.41) is 2.40. The summed E-state index contributed by atoms with van der Waals surface area (Å²) >= 11 is 1.46. The number of aryl methyl sites for hydroxylation is 1. The molecule has 1 fully saturated rings. The monoisotopic (exact) mass is 366 g/mol. The van der Waals surface area contributed by atoms with Crippen LogP contribution in [-0.2, 0) is 6.18 Å². The van der Waals surface area contributed by atoms with Gasteiger partial charge in [0.25, 0.3) is 0 Å². The third kappa shape index (κ3) is 4.10. The Balaban J connectivity index is 1.79. The van der Waals surface area contributed by atoms with E-state index in [9.17, 15) is 18.0 Å². The first kappa shape index (κ1) is 17.7. The molecule has 3 nitrogen and oxygen atoms in total. The van der Waals surface area contributed by atoms with Crippen molar-refractivity contribution in [1.82, 2.24) is 4.90 Å². The second-order valence-electron chi connectivity index (χ2n) is 5.84. The van der Waals surface area contributed by atoms with Gasteiger partial charge in [0, 0.05) is 18.0 Å². The van der Waals surface area contributed by atoms with E-state index in [1.165, 1.54) is 17.8 Å². The molecule has 1 atom stereocenters. The molecule has 0 aliphatic carbocycles. The quantitative estimate of drug-likeness (QED) is 0.783. The number of hydrogen-bond acceptors (Lipinski definition) is 2. The van der Waals surface area contributed by atoms with Crippen LogP contribution in [0.2, 0.25) is 0 Å². The topological polar surface area (TPSA) is 32.3 Å². The molecule has 2 aromatic rings. The lowest BCUT2D eigenvalue weighted by Gasteiger charge is -2.25. The minimum Gasteiger partial charge on any atom is -0.308 e. The number of alkyl halides is 3. The SMILES string of the molecule is Cc1cccc(NC(=O)N2CCS[C@@H]2c2cccc(C(F)(F)F)c2)c1. The van der Waals surface area contributed by atoms with Gasteiger partial charge in [-0.25, -0.2) is 4.79 Å². The number of hydrogen-bond donors (Lipinski definition) is 1. The Morgan fingerprint density at radius 3 is 2.68 bits per heavy atom. The minimum absolute atomic E-state index is 0.307. The van der Waals surface area contributed by atoms with Gasteiger partial charge in [0.05, 0.1) is 5.56 Å². The van der Waals surface area contributed by atoms with Crippen molar-refractivity contribution in [3.63, 3.8) is 0 Å². The third-order valence-corrected chi connectivity index (χ3v) is 5.18. The van der Waals surface area contributed by atoms with Gasteiger partial charge in [-0.05, 0) is 42.3 Å². The second kappa shape index (κ2) is 7.00. The first-order valence-electron chi connectivity index (χ1n) is 7.77. The van der Waals surface area contributed by atoms with Gasteiger partial charge < -0.3 is 10.2 Å². The number of thioether (sulfide) groups is 1. The normalized spacial score (nSPS) is 17.6. The van der Waals surface area contributed by atoms with Crippen molar-refractivity contribution >= 4 is 23.5 Å². The average molecular weight is 366 g/mol. The molecule has 7 heteroatoms. The second-order valence-corrected chi connectivity index (χ2v) is 7.03. The highest BCUT2D eigenvalue weighted by molar-refractivity contribution is 7.99. The zero-order valence-corrected chi connectivity index (χ0v) is 14.3. The Hall–Kier alpha value is -2.15. The highest BCUT2D eigenvalue weighted by Gasteiger charge is 2.34. The molecule has 1 aliphatic rings. The fraction of sp³-hybridized carbons (Fsp3) is 0.278. The van der Waals surface area contributed by atoms with Gasteiger partial charge in [-0.3, -0.25) is 0 Å². The Bertz CT molecular complexity index is 779. The van der Waals surface area contributed by atoms with Gasteiger partial charge in [-0.2, -0.15) is 13.2 Å². The summed E-state index contributed by atoms with van der Waals surface area (Å²) in [6.45, 7) is 2.41. The van der Waals surface area contributed by atoms with Crippen LogP contribution in [0.4, 0.5) is 23.7 Å². The summed E-state index contributed by atoms with van der Waals surface area (Å²) < 4.78 is 38.8. The number of anilines is 1. The van der Waals surface area contributed by atoms with Gasteiger partial charge >= 0.3 is 12.2 Å². The van der Waals surface area contributed by atoms with Crippen molar-refractivity contribution < 1.29 is 18.0 Å². The van der Waals surface area contributed by atoms with E-state index in [-0.39, 0.29) is 6.03 Å². The summed E-state index contributed by atoms with van der Waals surface area (Å²) in [5.74, 6) is 0.683. The molecular weight excluding hydrogens is 349 g/mol. The standard InChI is InChI=1S/C18H17F3N2OS/c1-12-4-2-7-15(10-12)22-17(24)23-8-9-25-16(23)13-5-3-6-14(11-13)18(19,20)21/h2-7,10-11,16H,8-9H2,1H3,(H,22,24)/t16-/m1/s1. The number of amides is 2. The predicted octanol–water partition coefficient (Wildman–Crippen LogP) is 5.29. The van der Waals surface area contributed by atoms with Crippen LogP contribution < -0.4 is 5.32 Å². The van der Waals surface area contributed by atoms with Gasteiger partial charge in [0.15, 0.2) is 0 Å². The van der Waals surface area contributed by atoms with Crippen LogP contribution in [0.15, 0.2) is 48.5 Å². The van der Waals surface area contributed by atoms with E-state index < -0.39 is 17.1 Å². The van der Waals surface area contributed by atoms with Crippen LogP contribution in [0.5, 0.6) is 0 Å². The molecule has 0 saturated carbocycles. The van der Waals surface area contributed by atoms with Crippen molar-refractivity contribution in [1.29, 1.82) is 0 Å². The van der Waals surface area contributed by atoms with Crippen molar-refractivity contribution in [2.75, 3.05) is 17.6 Å². The summed E-state index contributed by atoms with van der Waals surface area (Å²) in [7, 11) is 0. The number of halogens is 3. The summed E-state index contributed by atoms with van der Waals surface area (Å²) in [4.78, 5) is 14.1. The number of rotatable bonds is 2. The molecule has 1 heterocycles. The van der Waals surface area contributed by atoms with E-state index >= 15 is 0 Å². The first-order valence-corrected chi connectivity index (χ1v) is 8.82. The molecule has 1 aliphatic heterocycles. The molecule has 25 heavy (non-hydrogen) atoms. The molecule has 3 rings (SSSR count). The van der Waals surface area contributed by atoms with Crippen LogP contribution in [0.1, 0.15) is 22.1 Å². The van der Waals surface area contributed by atoms with Crippen LogP contribution in [0.3, 0.4) is 0 Å². The van der Waals surface area contributed by atoms with Crippen LogP contribution in [-0.4, -0.2) is 23.2 Å². The molecule has 132 valence electrons. The number of nitrogens with zero attached hydrogens (tertiary/aromatic N) is 1. The van der Waals surface area contributed by atoms with Crippen LogP contribution >= 0.6 is 11.8 Å². The van der Waals surface area contributed by atoms with E-state index in [1.807, 2.05) is 25.1 Å². The number of urea groups is 1. The van der Waals surface area contributed by atoms with Crippen LogP contribution in [0.25, 0.3) is 0 Å². The molecular formula is C18H17F3N2OS. The Morgan fingerprint density at radius 1 is 1.20 bits per heavy atom. The fourth-order valence-corrected chi connectivity index (χ4v) is 3.99. The van der Waals surface area contributed by atoms with Gasteiger partial charge in [-0.15, -0.1) is 11.8 Å². The van der Waals surface area contributed by atoms with Gasteiger partial charge in [-0.1, -0.05) is 24.3 Å². The number of benzene rings is 2. The third-order valence-electron chi connectivity index (χ3n) is 3.92. The average Bonchev–Trinajstić information content (AvgIpc) is 3.04. The zero-order valence-electron chi connectivity index (χ0n) is 13.5. The summed E-state index contributed by atoms with van der Waals surface area (Å²) in [5.41, 5.74) is 1.47. The lowest BCUT2D eigenvalue weighted by Crippen LogP contribution is -2.34. The Kier molecular flexibility index (Phi) is 4.94. The van der Waals surface area contributed by atoms with Crippen molar-refractivity contribution in [2.45, 2.75) is 18.5 Å². The highest BCUT2D eigenvalue weighted by Crippen LogP contribution is 2.40. The van der Waals surface area contributed by atoms with E-state index in [2.05, 4.69) is 5.32 Å². The number of nitrogens with one attached hydrogen (secondary N) is 1. The maximum Gasteiger partial charge on any atom is 0.416 e. The minimum atomic E-state index is -4.39. The zero-order chi connectivity index (χ0) is 18.0. The molecule has 0 spiro atoms. The van der Waals surface area contributed by atoms with Crippen molar-refractivity contribution in [3.05, 3.63) is 65.2 Å². The first-order chi connectivity index (χ1) is 11.8. The van der Waals surface area contributed by atoms with Crippen molar-refractivity contribution in [2.24, 2.45) is 0 Å². The lowest BCUT2D eigenvalue weighted by atomic mass is 10.1. The molecule has 1 saturated heterocycles. The lowest BCUT2D eigenvalue weighted by molar-refractivity contribution is -0.137. The van der Waals surface area contributed by atoms with E-state index in [1.54, 1.807) is 17.0 Å². The van der Waals surface area contributed by atoms with Gasteiger partial charge in [0.2, 0.25) is 0 Å². The summed E-state index contributed by atoms with van der Waals surface area (Å²) in [6, 6.07) is 12.3. The Labute approximate surface area is 148 Å². The maximum absolute atomic E-state index is 12.9. The number of carbonyl (C=O) groups excluding carboxylic acids is 1. The fourth-order valence-electron chi connectivity index (χ4n) is 2.74. The maximum atomic E-state index is 12.9. The largest absolute Gasteiger partial charge is 0.416 e. The highest BCUT2D eigenvalue weighted by atomic mass is 32.2. The van der Waals surface area contributed by atoms with E-state index in [4.69, 9.17) is 0 Å². The molecule has 2 amide bonds. The molecule has 0 radical (unpaired) electrons. The number of carbonyl (C=O) groups is 1. The molecule has 1 N–H and O–H groups in total. The smallest absolute Gasteiger partial charge is 0.308 e. The van der Waals surface area contributed by atoms with E-state index in [0.29, 0.717) is 23.5 Å². The summed E-state index contributed by atoms with van der Waals surface area (Å²) in [6.07, 6.45) is -4.39. The van der Waals surface area contributed by atoms with Crippen LogP contribution in [0, 0.1) is 6.92 Å². The molecule has 2 aromatic carbocycles. The van der Waals surface area contributed by atoms with Gasteiger partial charge in [0.1, 0.15) is 5.37 Å². The Morgan fingerprint density at radius 2 is 1.96 bits per heavy atom. The predicted molar refractivity (Wildman–Crippen MR) is 93.5 cm³/mol.